The lowest BCUT2D eigenvalue weighted by molar-refractivity contribution is 1.08. The van der Waals surface area contributed by atoms with Crippen LogP contribution < -0.4 is 0 Å². The summed E-state index contributed by atoms with van der Waals surface area (Å²) in [6, 6.07) is 65.8. The van der Waals surface area contributed by atoms with Gasteiger partial charge in [0.1, 0.15) is 5.69 Å². The number of hydrogen-bond acceptors (Lipinski definition) is 3. The number of rotatable bonds is 3. The molecule has 9 aromatic carbocycles. The number of thiophene rings is 1. The van der Waals surface area contributed by atoms with Crippen molar-refractivity contribution >= 4 is 108 Å². The summed E-state index contributed by atoms with van der Waals surface area (Å²) in [4.78, 5) is 11.1. The van der Waals surface area contributed by atoms with Gasteiger partial charge in [-0.1, -0.05) is 133 Å². The van der Waals surface area contributed by atoms with Crippen molar-refractivity contribution in [1.29, 1.82) is 0 Å². The van der Waals surface area contributed by atoms with E-state index in [4.69, 9.17) is 9.97 Å². The average molecular weight is 743 g/mol. The van der Waals surface area contributed by atoms with Crippen LogP contribution in [0.4, 0.5) is 0 Å². The fourth-order valence-corrected chi connectivity index (χ4v) is 10.6. The van der Waals surface area contributed by atoms with Crippen LogP contribution in [-0.4, -0.2) is 19.1 Å². The minimum atomic E-state index is 0.819. The van der Waals surface area contributed by atoms with Gasteiger partial charge < -0.3 is 4.57 Å². The molecule has 57 heavy (non-hydrogen) atoms. The first-order valence-corrected chi connectivity index (χ1v) is 20.2. The number of aromatic nitrogens is 4. The van der Waals surface area contributed by atoms with Crippen LogP contribution in [0.3, 0.4) is 0 Å². The summed E-state index contributed by atoms with van der Waals surface area (Å²) in [5.41, 5.74) is 9.33. The highest BCUT2D eigenvalue weighted by Gasteiger charge is 2.24. The molecule has 4 heterocycles. The van der Waals surface area contributed by atoms with Crippen LogP contribution in [0.1, 0.15) is 0 Å². The van der Waals surface area contributed by atoms with Crippen molar-refractivity contribution < 1.29 is 0 Å². The predicted octanol–water partition coefficient (Wildman–Crippen LogP) is 14.2. The minimum Gasteiger partial charge on any atom is -0.309 e. The smallest absolute Gasteiger partial charge is 0.165 e. The van der Waals surface area contributed by atoms with E-state index in [9.17, 15) is 0 Å². The van der Waals surface area contributed by atoms with Crippen molar-refractivity contribution in [2.75, 3.05) is 0 Å². The molecular weight excluding hydrogens is 713 g/mol. The van der Waals surface area contributed by atoms with Crippen LogP contribution >= 0.6 is 11.3 Å². The lowest BCUT2D eigenvalue weighted by Crippen LogP contribution is -2.04. The Balaban J connectivity index is 1.18. The Bertz CT molecular complexity index is 3830. The van der Waals surface area contributed by atoms with Crippen molar-refractivity contribution in [3.8, 4) is 22.8 Å². The third-order valence-electron chi connectivity index (χ3n) is 11.9. The maximum absolute atomic E-state index is 5.56. The van der Waals surface area contributed by atoms with Gasteiger partial charge in [0.2, 0.25) is 0 Å². The Kier molecular flexibility index (Phi) is 6.29. The van der Waals surface area contributed by atoms with E-state index in [0.29, 0.717) is 0 Å². The minimum absolute atomic E-state index is 0.819. The molecule has 4 aromatic heterocycles. The first-order valence-electron chi connectivity index (χ1n) is 19.3. The van der Waals surface area contributed by atoms with Gasteiger partial charge in [-0.25, -0.2) is 9.97 Å². The van der Waals surface area contributed by atoms with Gasteiger partial charge in [0.15, 0.2) is 5.82 Å². The average Bonchev–Trinajstić information content (AvgIpc) is 3.94. The van der Waals surface area contributed by atoms with Crippen LogP contribution in [0.2, 0.25) is 0 Å². The predicted molar refractivity (Wildman–Crippen MR) is 242 cm³/mol. The monoisotopic (exact) mass is 742 g/mol. The summed E-state index contributed by atoms with van der Waals surface area (Å²) in [5.74, 6) is 0.819. The van der Waals surface area contributed by atoms with E-state index in [2.05, 4.69) is 185 Å². The maximum Gasteiger partial charge on any atom is 0.165 e. The van der Waals surface area contributed by atoms with Crippen molar-refractivity contribution in [1.82, 2.24) is 19.1 Å². The molecule has 264 valence electrons. The van der Waals surface area contributed by atoms with Gasteiger partial charge in [-0.3, -0.25) is 4.57 Å². The lowest BCUT2D eigenvalue weighted by atomic mass is 10.0. The first kappa shape index (κ1) is 30.9. The quantitative estimate of drug-likeness (QED) is 0.181. The van der Waals surface area contributed by atoms with E-state index in [1.807, 2.05) is 17.4 Å². The van der Waals surface area contributed by atoms with Gasteiger partial charge in [-0.2, -0.15) is 0 Å². The second kappa shape index (κ2) is 11.6. The van der Waals surface area contributed by atoms with Gasteiger partial charge in [-0.05, 0) is 70.1 Å². The second-order valence-corrected chi connectivity index (χ2v) is 16.0. The van der Waals surface area contributed by atoms with Gasteiger partial charge in [0.25, 0.3) is 0 Å². The molecule has 0 aliphatic rings. The topological polar surface area (TPSA) is 35.6 Å². The molecule has 0 aliphatic carbocycles. The molecule has 0 spiro atoms. The Morgan fingerprint density at radius 2 is 0.982 bits per heavy atom. The fraction of sp³-hybridized carbons (Fsp3) is 0. The Morgan fingerprint density at radius 1 is 0.386 bits per heavy atom. The SMILES string of the molecule is c1ccc2c(c1)ccc1c2c2ccccc2n1-c1ccc2c3c4ccccc4ccc3n(-c3nc4ccccc4nc3-c3cccc4c3sc3ccccc34)c2c1. The number of hydrogen-bond donors (Lipinski definition) is 0. The zero-order valence-corrected chi connectivity index (χ0v) is 31.3. The first-order chi connectivity index (χ1) is 28.3. The highest BCUT2D eigenvalue weighted by Crippen LogP contribution is 2.45. The summed E-state index contributed by atoms with van der Waals surface area (Å²) in [6.45, 7) is 0. The maximum atomic E-state index is 5.56. The van der Waals surface area contributed by atoms with Crippen molar-refractivity contribution in [2.24, 2.45) is 0 Å². The van der Waals surface area contributed by atoms with Crippen molar-refractivity contribution in [2.45, 2.75) is 0 Å². The van der Waals surface area contributed by atoms with Crippen LogP contribution in [0.5, 0.6) is 0 Å². The Hall–Kier alpha value is -7.34. The van der Waals surface area contributed by atoms with E-state index < -0.39 is 0 Å². The van der Waals surface area contributed by atoms with Gasteiger partial charge in [0.05, 0.1) is 33.1 Å². The molecule has 0 unspecified atom stereocenters. The standard InChI is InChI=1S/C52H30N4S/c1-3-14-34-31(12-1)24-28-44-48(34)38-17-5-9-22-43(38)55(44)33-26-27-39-46(30-33)56(45-29-25-32-13-2-4-15-35(32)49(39)45)52-50(53-41-20-7-8-21-42(41)54-52)40-19-11-18-37-36-16-6-10-23-47(36)57-51(37)40/h1-30H. The van der Waals surface area contributed by atoms with E-state index >= 15 is 0 Å². The molecule has 4 nitrogen and oxygen atoms in total. The molecule has 13 rings (SSSR count). The molecule has 0 saturated carbocycles. The Labute approximate surface area is 330 Å². The zero-order chi connectivity index (χ0) is 37.2. The normalized spacial score (nSPS) is 12.2. The van der Waals surface area contributed by atoms with E-state index in [0.717, 1.165) is 44.8 Å². The molecule has 0 radical (unpaired) electrons. The molecular formula is C52H30N4S. The van der Waals surface area contributed by atoms with Gasteiger partial charge in [-0.15, -0.1) is 11.3 Å². The van der Waals surface area contributed by atoms with Gasteiger partial charge in [0, 0.05) is 53.0 Å². The molecule has 0 saturated heterocycles. The molecule has 0 bridgehead atoms. The zero-order valence-electron chi connectivity index (χ0n) is 30.5. The molecule has 5 heteroatoms. The van der Waals surface area contributed by atoms with Crippen LogP contribution in [0, 0.1) is 0 Å². The highest BCUT2D eigenvalue weighted by molar-refractivity contribution is 7.26. The molecule has 0 N–H and O–H groups in total. The largest absolute Gasteiger partial charge is 0.309 e. The summed E-state index contributed by atoms with van der Waals surface area (Å²) in [6.07, 6.45) is 0. The Morgan fingerprint density at radius 3 is 1.75 bits per heavy atom. The number of fused-ring (bicyclic) bond motifs is 14. The molecule has 0 atom stereocenters. The van der Waals surface area contributed by atoms with E-state index in [-0.39, 0.29) is 0 Å². The fourth-order valence-electron chi connectivity index (χ4n) is 9.42. The van der Waals surface area contributed by atoms with Gasteiger partial charge >= 0.3 is 0 Å². The number of para-hydroxylation sites is 3. The molecule has 0 fully saturated rings. The third kappa shape index (κ3) is 4.32. The number of benzene rings is 9. The highest BCUT2D eigenvalue weighted by atomic mass is 32.1. The summed E-state index contributed by atoms with van der Waals surface area (Å²) in [5, 5.41) is 12.3. The van der Waals surface area contributed by atoms with Crippen LogP contribution in [0.15, 0.2) is 182 Å². The lowest BCUT2D eigenvalue weighted by Gasteiger charge is -2.15. The van der Waals surface area contributed by atoms with Crippen LogP contribution in [-0.2, 0) is 0 Å². The van der Waals surface area contributed by atoms with E-state index in [1.54, 1.807) is 0 Å². The molecule has 0 amide bonds. The molecule has 0 aliphatic heterocycles. The summed E-state index contributed by atoms with van der Waals surface area (Å²) in [7, 11) is 0. The summed E-state index contributed by atoms with van der Waals surface area (Å²) >= 11 is 1.83. The number of nitrogens with zero attached hydrogens (tertiary/aromatic N) is 4. The third-order valence-corrected chi connectivity index (χ3v) is 13.1. The summed E-state index contributed by atoms with van der Waals surface area (Å²) < 4.78 is 7.29. The molecule has 13 aromatic rings. The van der Waals surface area contributed by atoms with Crippen LogP contribution in [0.25, 0.3) is 119 Å². The van der Waals surface area contributed by atoms with E-state index in [1.165, 1.54) is 74.3 Å². The second-order valence-electron chi connectivity index (χ2n) is 14.9. The van der Waals surface area contributed by atoms with Crippen molar-refractivity contribution in [3.05, 3.63) is 182 Å². The van der Waals surface area contributed by atoms with Crippen molar-refractivity contribution in [3.63, 3.8) is 0 Å².